The number of hydrogen-bond donors (Lipinski definition) is 1. The van der Waals surface area contributed by atoms with E-state index in [0.717, 1.165) is 19.0 Å². The molecule has 118 valence electrons. The molecule has 1 fully saturated rings. The second-order valence-corrected chi connectivity index (χ2v) is 7.23. The molecule has 0 aliphatic heterocycles. The van der Waals surface area contributed by atoms with Gasteiger partial charge < -0.3 is 10.2 Å². The molecular formula is C19H32N2. The first-order valence-electron chi connectivity index (χ1n) is 8.47. The van der Waals surface area contributed by atoms with E-state index in [4.69, 9.17) is 0 Å². The van der Waals surface area contributed by atoms with E-state index in [0.29, 0.717) is 11.5 Å². The molecule has 2 atom stereocenters. The lowest BCUT2D eigenvalue weighted by Crippen LogP contribution is -2.51. The van der Waals surface area contributed by atoms with Gasteiger partial charge in [0, 0.05) is 24.8 Å². The van der Waals surface area contributed by atoms with E-state index in [-0.39, 0.29) is 0 Å². The Hall–Kier alpha value is -1.02. The molecule has 2 nitrogen and oxygen atoms in total. The summed E-state index contributed by atoms with van der Waals surface area (Å²) in [5.41, 5.74) is 3.19. The molecule has 0 spiro atoms. The van der Waals surface area contributed by atoms with E-state index >= 15 is 0 Å². The number of benzene rings is 1. The van der Waals surface area contributed by atoms with Gasteiger partial charge in [-0.25, -0.2) is 0 Å². The van der Waals surface area contributed by atoms with E-state index in [1.807, 2.05) is 0 Å². The van der Waals surface area contributed by atoms with Crippen molar-refractivity contribution in [2.75, 3.05) is 25.0 Å². The molecule has 1 aromatic carbocycles. The van der Waals surface area contributed by atoms with Gasteiger partial charge in [-0.05, 0) is 56.7 Å². The lowest BCUT2D eigenvalue weighted by atomic mass is 9.68. The number of rotatable bonds is 5. The van der Waals surface area contributed by atoms with Crippen molar-refractivity contribution < 1.29 is 0 Å². The summed E-state index contributed by atoms with van der Waals surface area (Å²) in [7, 11) is 2.13. The molecule has 0 aromatic heterocycles. The summed E-state index contributed by atoms with van der Waals surface area (Å²) >= 11 is 0. The van der Waals surface area contributed by atoms with Crippen LogP contribution in [-0.2, 0) is 0 Å². The van der Waals surface area contributed by atoms with Gasteiger partial charge in [-0.1, -0.05) is 38.5 Å². The van der Waals surface area contributed by atoms with Gasteiger partial charge in [0.05, 0.1) is 0 Å². The van der Waals surface area contributed by atoms with Crippen LogP contribution in [0.25, 0.3) is 0 Å². The lowest BCUT2D eigenvalue weighted by Gasteiger charge is -2.46. The first-order chi connectivity index (χ1) is 9.99. The molecule has 0 bridgehead atoms. The summed E-state index contributed by atoms with van der Waals surface area (Å²) in [4.78, 5) is 2.56. The fraction of sp³-hybridized carbons (Fsp3) is 0.684. The van der Waals surface area contributed by atoms with Crippen LogP contribution in [0.3, 0.4) is 0 Å². The van der Waals surface area contributed by atoms with Crippen LogP contribution >= 0.6 is 0 Å². The molecule has 1 aliphatic carbocycles. The smallest absolute Gasteiger partial charge is 0.0395 e. The summed E-state index contributed by atoms with van der Waals surface area (Å²) in [6.45, 7) is 11.6. The largest absolute Gasteiger partial charge is 0.371 e. The fourth-order valence-electron chi connectivity index (χ4n) is 4.20. The first-order valence-corrected chi connectivity index (χ1v) is 8.47. The molecule has 1 saturated carbocycles. The van der Waals surface area contributed by atoms with Crippen LogP contribution in [0.4, 0.5) is 5.69 Å². The molecular weight excluding hydrogens is 256 g/mol. The molecule has 1 aliphatic rings. The highest BCUT2D eigenvalue weighted by Crippen LogP contribution is 2.39. The highest BCUT2D eigenvalue weighted by atomic mass is 15.1. The van der Waals surface area contributed by atoms with Crippen molar-refractivity contribution in [1.29, 1.82) is 0 Å². The first kappa shape index (κ1) is 16.4. The van der Waals surface area contributed by atoms with Crippen LogP contribution in [0.2, 0.25) is 0 Å². The van der Waals surface area contributed by atoms with E-state index in [2.05, 4.69) is 69.2 Å². The average Bonchev–Trinajstić information content (AvgIpc) is 2.45. The second kappa shape index (κ2) is 6.83. The number of nitrogens with zero attached hydrogens (tertiary/aromatic N) is 1. The van der Waals surface area contributed by atoms with Crippen molar-refractivity contribution in [3.05, 3.63) is 29.8 Å². The topological polar surface area (TPSA) is 15.3 Å². The molecule has 0 saturated heterocycles. The van der Waals surface area contributed by atoms with Gasteiger partial charge in [0.25, 0.3) is 0 Å². The molecule has 21 heavy (non-hydrogen) atoms. The van der Waals surface area contributed by atoms with Crippen molar-refractivity contribution in [3.8, 4) is 0 Å². The Kier molecular flexibility index (Phi) is 5.32. The Bertz CT molecular complexity index is 453. The van der Waals surface area contributed by atoms with Gasteiger partial charge in [0.15, 0.2) is 0 Å². The third-order valence-corrected chi connectivity index (χ3v) is 5.31. The van der Waals surface area contributed by atoms with Crippen molar-refractivity contribution in [1.82, 2.24) is 5.32 Å². The van der Waals surface area contributed by atoms with Crippen LogP contribution < -0.4 is 10.2 Å². The zero-order valence-electron chi connectivity index (χ0n) is 14.4. The minimum absolute atomic E-state index is 0.406. The van der Waals surface area contributed by atoms with Crippen LogP contribution in [0, 0.1) is 18.3 Å². The number of anilines is 1. The molecule has 2 rings (SSSR count). The Morgan fingerprint density at radius 2 is 2.00 bits per heavy atom. The zero-order valence-corrected chi connectivity index (χ0v) is 14.4. The lowest BCUT2D eigenvalue weighted by molar-refractivity contribution is 0.117. The van der Waals surface area contributed by atoms with Gasteiger partial charge >= 0.3 is 0 Å². The van der Waals surface area contributed by atoms with Crippen LogP contribution in [0.15, 0.2) is 24.3 Å². The summed E-state index contributed by atoms with van der Waals surface area (Å²) in [6.07, 6.45) is 4.05. The highest BCUT2D eigenvalue weighted by Gasteiger charge is 2.38. The zero-order chi connectivity index (χ0) is 15.5. The predicted octanol–water partition coefficient (Wildman–Crippen LogP) is 4.24. The standard InChI is InChI=1S/C19H32N2/c1-6-21(17-12-8-7-10-15(17)2)14-16-11-9-13-19(3,4)18(16)20-5/h7-8,10,12,16,18,20H,6,9,11,13-14H2,1-5H3. The molecule has 0 heterocycles. The number of nitrogens with one attached hydrogen (secondary N) is 1. The fourth-order valence-corrected chi connectivity index (χ4v) is 4.20. The Labute approximate surface area is 130 Å². The van der Waals surface area contributed by atoms with Crippen molar-refractivity contribution in [2.45, 2.75) is 53.0 Å². The Morgan fingerprint density at radius 3 is 2.62 bits per heavy atom. The molecule has 2 heteroatoms. The van der Waals surface area contributed by atoms with Crippen LogP contribution in [0.1, 0.15) is 45.6 Å². The van der Waals surface area contributed by atoms with Gasteiger partial charge in [-0.2, -0.15) is 0 Å². The van der Waals surface area contributed by atoms with Gasteiger partial charge in [-0.15, -0.1) is 0 Å². The highest BCUT2D eigenvalue weighted by molar-refractivity contribution is 5.52. The maximum atomic E-state index is 3.61. The molecule has 0 radical (unpaired) electrons. The minimum atomic E-state index is 0.406. The second-order valence-electron chi connectivity index (χ2n) is 7.23. The molecule has 1 aromatic rings. The average molecular weight is 288 g/mol. The maximum Gasteiger partial charge on any atom is 0.0395 e. The SMILES string of the molecule is CCN(CC1CCCC(C)(C)C1NC)c1ccccc1C. The predicted molar refractivity (Wildman–Crippen MR) is 93.0 cm³/mol. The minimum Gasteiger partial charge on any atom is -0.371 e. The number of hydrogen-bond acceptors (Lipinski definition) is 2. The summed E-state index contributed by atoms with van der Waals surface area (Å²) in [5, 5.41) is 3.61. The number of aryl methyl sites for hydroxylation is 1. The van der Waals surface area contributed by atoms with Crippen LogP contribution in [0.5, 0.6) is 0 Å². The summed E-state index contributed by atoms with van der Waals surface area (Å²) in [5.74, 6) is 0.735. The molecule has 1 N–H and O–H groups in total. The summed E-state index contributed by atoms with van der Waals surface area (Å²) < 4.78 is 0. The summed E-state index contributed by atoms with van der Waals surface area (Å²) in [6, 6.07) is 9.39. The quantitative estimate of drug-likeness (QED) is 0.872. The number of para-hydroxylation sites is 1. The Balaban J connectivity index is 2.16. The van der Waals surface area contributed by atoms with Gasteiger partial charge in [-0.3, -0.25) is 0 Å². The molecule has 0 amide bonds. The third-order valence-electron chi connectivity index (χ3n) is 5.31. The van der Waals surface area contributed by atoms with Crippen molar-refractivity contribution in [2.24, 2.45) is 11.3 Å². The van der Waals surface area contributed by atoms with E-state index in [9.17, 15) is 0 Å². The molecule has 2 unspecified atom stereocenters. The third kappa shape index (κ3) is 3.60. The maximum absolute atomic E-state index is 3.61. The van der Waals surface area contributed by atoms with Gasteiger partial charge in [0.2, 0.25) is 0 Å². The normalized spacial score (nSPS) is 24.8. The van der Waals surface area contributed by atoms with E-state index in [1.165, 1.54) is 30.5 Å². The Morgan fingerprint density at radius 1 is 1.29 bits per heavy atom. The van der Waals surface area contributed by atoms with Crippen LogP contribution in [-0.4, -0.2) is 26.2 Å². The monoisotopic (exact) mass is 288 g/mol. The van der Waals surface area contributed by atoms with Gasteiger partial charge in [0.1, 0.15) is 0 Å². The van der Waals surface area contributed by atoms with Crippen molar-refractivity contribution >= 4 is 5.69 Å². The van der Waals surface area contributed by atoms with Crippen molar-refractivity contribution in [3.63, 3.8) is 0 Å². The van der Waals surface area contributed by atoms with E-state index < -0.39 is 0 Å². The van der Waals surface area contributed by atoms with E-state index in [1.54, 1.807) is 0 Å².